The van der Waals surface area contributed by atoms with E-state index in [1.807, 2.05) is 9.47 Å². The summed E-state index contributed by atoms with van der Waals surface area (Å²) in [6.07, 6.45) is 5.07. The number of likely N-dealkylation sites (tertiary alicyclic amines) is 1. The molecule has 2 aromatic heterocycles. The Morgan fingerprint density at radius 3 is 2.62 bits per heavy atom. The van der Waals surface area contributed by atoms with Crippen LogP contribution in [0.5, 0.6) is 0 Å². The summed E-state index contributed by atoms with van der Waals surface area (Å²) in [5.41, 5.74) is -0.0248. The summed E-state index contributed by atoms with van der Waals surface area (Å²) in [5, 5.41) is 15.6. The van der Waals surface area contributed by atoms with Crippen molar-refractivity contribution in [2.24, 2.45) is 7.05 Å². The van der Waals surface area contributed by atoms with Crippen LogP contribution in [0.2, 0.25) is 0 Å². The normalized spacial score (nSPS) is 19.0. The van der Waals surface area contributed by atoms with E-state index in [9.17, 15) is 9.59 Å². The Morgan fingerprint density at radius 2 is 2.00 bits per heavy atom. The fourth-order valence-electron chi connectivity index (χ4n) is 3.32. The molecule has 10 nitrogen and oxygen atoms in total. The van der Waals surface area contributed by atoms with Crippen molar-refractivity contribution in [3.63, 3.8) is 0 Å². The summed E-state index contributed by atoms with van der Waals surface area (Å²) in [6, 6.07) is 0.319. The molecule has 0 unspecified atom stereocenters. The van der Waals surface area contributed by atoms with Gasteiger partial charge in [-0.15, -0.1) is 10.2 Å². The van der Waals surface area contributed by atoms with Gasteiger partial charge in [-0.3, -0.25) is 9.36 Å². The van der Waals surface area contributed by atoms with Crippen molar-refractivity contribution in [2.45, 2.75) is 44.2 Å². The maximum absolute atomic E-state index is 12.3. The van der Waals surface area contributed by atoms with Crippen LogP contribution >= 0.6 is 0 Å². The molecule has 0 spiro atoms. The van der Waals surface area contributed by atoms with Crippen LogP contribution in [0.1, 0.15) is 43.5 Å². The Morgan fingerprint density at radius 1 is 1.25 bits per heavy atom. The lowest BCUT2D eigenvalue weighted by atomic mass is 9.96. The standard InChI is InChI=1S/C14H20N8O2/c1-19-14(24)22(11-2-3-11)13(17-19)10-4-6-20(7-5-10)12(23)8-21-16-9-15-18-21/h9-11H,2-8H2,1H3. The molecular weight excluding hydrogens is 312 g/mol. The van der Waals surface area contributed by atoms with Gasteiger partial charge in [0.2, 0.25) is 5.91 Å². The van der Waals surface area contributed by atoms with Crippen molar-refractivity contribution in [1.82, 2.24) is 39.5 Å². The Hall–Kier alpha value is -2.52. The molecule has 1 aliphatic carbocycles. The number of amides is 1. The number of carbonyl (C=O) groups excluding carboxylic acids is 1. The molecule has 1 aliphatic heterocycles. The fourth-order valence-corrected chi connectivity index (χ4v) is 3.32. The van der Waals surface area contributed by atoms with Crippen molar-refractivity contribution < 1.29 is 4.79 Å². The lowest BCUT2D eigenvalue weighted by Gasteiger charge is -2.31. The number of piperidine rings is 1. The monoisotopic (exact) mass is 332 g/mol. The fraction of sp³-hybridized carbons (Fsp3) is 0.714. The first-order chi connectivity index (χ1) is 11.6. The number of carbonyl (C=O) groups is 1. The quantitative estimate of drug-likeness (QED) is 0.734. The van der Waals surface area contributed by atoms with E-state index in [4.69, 9.17) is 0 Å². The highest BCUT2D eigenvalue weighted by Crippen LogP contribution is 2.37. The molecule has 2 aromatic rings. The van der Waals surface area contributed by atoms with Gasteiger partial charge in [0.05, 0.1) is 0 Å². The molecule has 0 atom stereocenters. The minimum Gasteiger partial charge on any atom is -0.341 e. The number of hydrogen-bond donors (Lipinski definition) is 0. The molecular formula is C14H20N8O2. The molecule has 1 amide bonds. The molecule has 0 radical (unpaired) electrons. The third-order valence-corrected chi connectivity index (χ3v) is 4.78. The number of tetrazole rings is 1. The van der Waals surface area contributed by atoms with Crippen LogP contribution in [0.4, 0.5) is 0 Å². The maximum atomic E-state index is 12.3. The lowest BCUT2D eigenvalue weighted by Crippen LogP contribution is -2.40. The topological polar surface area (TPSA) is 104 Å². The summed E-state index contributed by atoms with van der Waals surface area (Å²) in [6.45, 7) is 1.43. The maximum Gasteiger partial charge on any atom is 0.345 e. The lowest BCUT2D eigenvalue weighted by molar-refractivity contribution is -0.133. The summed E-state index contributed by atoms with van der Waals surface area (Å²) in [5.74, 6) is 1.11. The molecule has 1 saturated carbocycles. The van der Waals surface area contributed by atoms with Gasteiger partial charge in [0, 0.05) is 32.1 Å². The van der Waals surface area contributed by atoms with Gasteiger partial charge in [-0.25, -0.2) is 9.48 Å². The molecule has 2 aliphatic rings. The Kier molecular flexibility index (Phi) is 3.66. The van der Waals surface area contributed by atoms with Crippen molar-refractivity contribution in [1.29, 1.82) is 0 Å². The molecule has 0 bridgehead atoms. The number of hydrogen-bond acceptors (Lipinski definition) is 6. The highest BCUT2D eigenvalue weighted by Gasteiger charge is 2.34. The van der Waals surface area contributed by atoms with Crippen LogP contribution in [0, 0.1) is 0 Å². The second kappa shape index (κ2) is 5.84. The predicted molar refractivity (Wildman–Crippen MR) is 82.1 cm³/mol. The van der Waals surface area contributed by atoms with Gasteiger partial charge in [0.15, 0.2) is 6.33 Å². The molecule has 24 heavy (non-hydrogen) atoms. The van der Waals surface area contributed by atoms with E-state index in [0.717, 1.165) is 31.5 Å². The van der Waals surface area contributed by atoms with E-state index >= 15 is 0 Å². The molecule has 10 heteroatoms. The van der Waals surface area contributed by atoms with Crippen LogP contribution in [0.15, 0.2) is 11.1 Å². The summed E-state index contributed by atoms with van der Waals surface area (Å²) < 4.78 is 3.29. The molecule has 1 saturated heterocycles. The van der Waals surface area contributed by atoms with Crippen LogP contribution in [0.25, 0.3) is 0 Å². The smallest absolute Gasteiger partial charge is 0.341 e. The third-order valence-electron chi connectivity index (χ3n) is 4.78. The third kappa shape index (κ3) is 2.72. The number of rotatable bonds is 4. The average molecular weight is 332 g/mol. The van der Waals surface area contributed by atoms with E-state index in [0.29, 0.717) is 19.1 Å². The van der Waals surface area contributed by atoms with Crippen molar-refractivity contribution >= 4 is 5.91 Å². The van der Waals surface area contributed by atoms with Gasteiger partial charge in [-0.2, -0.15) is 9.90 Å². The van der Waals surface area contributed by atoms with Gasteiger partial charge < -0.3 is 4.90 Å². The largest absolute Gasteiger partial charge is 0.345 e. The number of nitrogens with zero attached hydrogens (tertiary/aromatic N) is 8. The predicted octanol–water partition coefficient (Wildman–Crippen LogP) is -0.691. The Balaban J connectivity index is 1.42. The van der Waals surface area contributed by atoms with Crippen LogP contribution in [-0.2, 0) is 18.4 Å². The molecule has 0 N–H and O–H groups in total. The van der Waals surface area contributed by atoms with E-state index in [1.54, 1.807) is 7.05 Å². The minimum absolute atomic E-state index is 0.00736. The number of aryl methyl sites for hydroxylation is 1. The van der Waals surface area contributed by atoms with Gasteiger partial charge >= 0.3 is 5.69 Å². The van der Waals surface area contributed by atoms with Gasteiger partial charge in [0.1, 0.15) is 12.4 Å². The zero-order chi connectivity index (χ0) is 16.7. The van der Waals surface area contributed by atoms with E-state index in [-0.39, 0.29) is 24.1 Å². The van der Waals surface area contributed by atoms with E-state index in [1.165, 1.54) is 15.8 Å². The number of aromatic nitrogens is 7. The highest BCUT2D eigenvalue weighted by atomic mass is 16.2. The summed E-state index contributed by atoms with van der Waals surface area (Å²) >= 11 is 0. The van der Waals surface area contributed by atoms with Crippen LogP contribution in [-0.4, -0.2) is 58.5 Å². The average Bonchev–Trinajstić information content (AvgIpc) is 3.21. The van der Waals surface area contributed by atoms with Crippen molar-refractivity contribution in [2.75, 3.05) is 13.1 Å². The summed E-state index contributed by atoms with van der Waals surface area (Å²) in [4.78, 5) is 27.6. The zero-order valence-electron chi connectivity index (χ0n) is 13.6. The first-order valence-electron chi connectivity index (χ1n) is 8.27. The first-order valence-corrected chi connectivity index (χ1v) is 8.27. The SMILES string of the molecule is Cn1nc(C2CCN(C(=O)Cn3ncnn3)CC2)n(C2CC2)c1=O. The van der Waals surface area contributed by atoms with Crippen LogP contribution in [0.3, 0.4) is 0 Å². The molecule has 128 valence electrons. The second-order valence-electron chi connectivity index (χ2n) is 6.49. The second-order valence-corrected chi connectivity index (χ2v) is 6.49. The minimum atomic E-state index is -0.0248. The van der Waals surface area contributed by atoms with Gasteiger partial charge in [-0.05, 0) is 30.9 Å². The van der Waals surface area contributed by atoms with Crippen molar-refractivity contribution in [3.05, 3.63) is 22.6 Å². The van der Waals surface area contributed by atoms with E-state index < -0.39 is 0 Å². The van der Waals surface area contributed by atoms with E-state index in [2.05, 4.69) is 20.5 Å². The molecule has 0 aromatic carbocycles. The zero-order valence-corrected chi connectivity index (χ0v) is 13.6. The van der Waals surface area contributed by atoms with Gasteiger partial charge in [0.25, 0.3) is 0 Å². The highest BCUT2D eigenvalue weighted by molar-refractivity contribution is 5.75. The molecule has 2 fully saturated rings. The van der Waals surface area contributed by atoms with Gasteiger partial charge in [-0.1, -0.05) is 0 Å². The molecule has 4 rings (SSSR count). The van der Waals surface area contributed by atoms with Crippen molar-refractivity contribution in [3.8, 4) is 0 Å². The molecule has 3 heterocycles. The first kappa shape index (κ1) is 15.0. The Bertz CT molecular complexity index is 780. The van der Waals surface area contributed by atoms with Crippen LogP contribution < -0.4 is 5.69 Å². The Labute approximate surface area is 138 Å². The summed E-state index contributed by atoms with van der Waals surface area (Å²) in [7, 11) is 1.70.